The van der Waals surface area contributed by atoms with Gasteiger partial charge in [0.05, 0.1) is 0 Å². The summed E-state index contributed by atoms with van der Waals surface area (Å²) in [4.78, 5) is 0. The van der Waals surface area contributed by atoms with Gasteiger partial charge in [0.2, 0.25) is 0 Å². The van der Waals surface area contributed by atoms with E-state index >= 15 is 0 Å². The maximum absolute atomic E-state index is 10.2. The Labute approximate surface area is 69.9 Å². The average Bonchev–Trinajstić information content (AvgIpc) is 1.90. The van der Waals surface area contributed by atoms with Crippen molar-refractivity contribution in [2.45, 2.75) is 0 Å². The normalized spacial score (nSPS) is 8.00. The number of hydrogen-bond donors (Lipinski definition) is 0. The standard InChI is InChI=1S/C6H4O2P.Fe/c7-9(8)6-4-2-1-3-5-6;/h1-4H;/q-1;. The number of hydrogen-bond acceptors (Lipinski definition) is 2. The van der Waals surface area contributed by atoms with Gasteiger partial charge in [-0.2, -0.15) is 30.3 Å². The minimum atomic E-state index is -2.45. The van der Waals surface area contributed by atoms with E-state index in [1.165, 1.54) is 6.07 Å². The Morgan fingerprint density at radius 3 is 2.30 bits per heavy atom. The van der Waals surface area contributed by atoms with Crippen LogP contribution in [0.15, 0.2) is 24.3 Å². The van der Waals surface area contributed by atoms with Crippen LogP contribution in [0.25, 0.3) is 0 Å². The predicted molar refractivity (Wildman–Crippen MR) is 33.2 cm³/mol. The third kappa shape index (κ3) is 2.49. The second kappa shape index (κ2) is 4.45. The molecule has 10 heavy (non-hydrogen) atoms. The summed E-state index contributed by atoms with van der Waals surface area (Å²) in [5.41, 5.74) is 0. The van der Waals surface area contributed by atoms with Crippen LogP contribution in [-0.4, -0.2) is 0 Å². The number of benzene rings is 1. The molecule has 0 aliphatic carbocycles. The zero-order chi connectivity index (χ0) is 6.69. The summed E-state index contributed by atoms with van der Waals surface area (Å²) in [5, 5.41) is 0.243. The third-order valence-electron chi connectivity index (χ3n) is 0.889. The van der Waals surface area contributed by atoms with Crippen molar-refractivity contribution >= 4 is 13.0 Å². The van der Waals surface area contributed by atoms with E-state index in [2.05, 4.69) is 6.07 Å². The van der Waals surface area contributed by atoms with Gasteiger partial charge in [0, 0.05) is 17.1 Å². The Morgan fingerprint density at radius 1 is 1.30 bits per heavy atom. The van der Waals surface area contributed by atoms with E-state index in [0.29, 0.717) is 0 Å². The molecule has 0 unspecified atom stereocenters. The first-order valence-electron chi connectivity index (χ1n) is 2.42. The summed E-state index contributed by atoms with van der Waals surface area (Å²) in [7, 11) is -2.45. The fraction of sp³-hybridized carbons (Fsp3) is 0. The molecule has 0 bridgehead atoms. The molecular formula is C6H4FeO2P-. The van der Waals surface area contributed by atoms with Gasteiger partial charge in [0.25, 0.3) is 0 Å². The first kappa shape index (κ1) is 9.64. The van der Waals surface area contributed by atoms with Crippen LogP contribution in [0.2, 0.25) is 0 Å². The second-order valence-corrected chi connectivity index (χ2v) is 2.50. The van der Waals surface area contributed by atoms with Gasteiger partial charge in [-0.3, -0.25) is 0 Å². The van der Waals surface area contributed by atoms with Gasteiger partial charge >= 0.3 is 7.68 Å². The molecule has 0 saturated carbocycles. The Morgan fingerprint density at radius 2 is 2.00 bits per heavy atom. The van der Waals surface area contributed by atoms with Crippen molar-refractivity contribution in [1.29, 1.82) is 0 Å². The Kier molecular flexibility index (Phi) is 4.29. The van der Waals surface area contributed by atoms with E-state index in [1.54, 1.807) is 18.2 Å². The van der Waals surface area contributed by atoms with Gasteiger partial charge in [0.15, 0.2) is 0 Å². The SMILES string of the molecule is O=P(=O)c1[c-]cccc1.[Fe]. The molecule has 1 rings (SSSR count). The monoisotopic (exact) mass is 195 g/mol. The van der Waals surface area contributed by atoms with Gasteiger partial charge < -0.3 is 0 Å². The van der Waals surface area contributed by atoms with Crippen LogP contribution in [0, 0.1) is 6.07 Å². The fourth-order valence-electron chi connectivity index (χ4n) is 0.497. The Bertz CT molecular complexity index is 248. The molecule has 0 aromatic heterocycles. The molecule has 0 amide bonds. The molecule has 0 aliphatic rings. The van der Waals surface area contributed by atoms with Crippen molar-refractivity contribution < 1.29 is 26.2 Å². The molecule has 0 aliphatic heterocycles. The van der Waals surface area contributed by atoms with Gasteiger partial charge in [-0.1, -0.05) is 0 Å². The van der Waals surface area contributed by atoms with E-state index in [4.69, 9.17) is 0 Å². The molecule has 0 radical (unpaired) electrons. The van der Waals surface area contributed by atoms with E-state index < -0.39 is 7.68 Å². The van der Waals surface area contributed by atoms with Gasteiger partial charge in [-0.15, -0.1) is 0 Å². The molecule has 2 nitrogen and oxygen atoms in total. The topological polar surface area (TPSA) is 34.1 Å². The molecule has 0 fully saturated rings. The summed E-state index contributed by atoms with van der Waals surface area (Å²) in [6.07, 6.45) is 0. The van der Waals surface area contributed by atoms with Crippen LogP contribution in [-0.2, 0) is 26.2 Å². The third-order valence-corrected chi connectivity index (χ3v) is 1.56. The van der Waals surface area contributed by atoms with E-state index in [1.807, 2.05) is 0 Å². The fourth-order valence-corrected chi connectivity index (χ4v) is 0.885. The molecule has 0 saturated heterocycles. The van der Waals surface area contributed by atoms with Crippen molar-refractivity contribution in [1.82, 2.24) is 0 Å². The van der Waals surface area contributed by atoms with Crippen LogP contribution >= 0.6 is 7.68 Å². The molecule has 0 spiro atoms. The first-order chi connectivity index (χ1) is 4.30. The molecule has 4 heteroatoms. The zero-order valence-corrected chi connectivity index (χ0v) is 6.93. The summed E-state index contributed by atoms with van der Waals surface area (Å²) in [6, 6.07) is 9.04. The van der Waals surface area contributed by atoms with Crippen molar-refractivity contribution in [3.63, 3.8) is 0 Å². The maximum atomic E-state index is 10.2. The van der Waals surface area contributed by atoms with E-state index in [-0.39, 0.29) is 22.4 Å². The largest absolute Gasteiger partial charge is 0.323 e. The maximum Gasteiger partial charge on any atom is 0.323 e. The van der Waals surface area contributed by atoms with E-state index in [0.717, 1.165) is 0 Å². The van der Waals surface area contributed by atoms with Crippen LogP contribution in [0.1, 0.15) is 0 Å². The summed E-state index contributed by atoms with van der Waals surface area (Å²) in [5.74, 6) is 0. The average molecular weight is 195 g/mol. The van der Waals surface area contributed by atoms with Crippen LogP contribution in [0.4, 0.5) is 0 Å². The van der Waals surface area contributed by atoms with Crippen molar-refractivity contribution in [3.05, 3.63) is 30.3 Å². The smallest absolute Gasteiger partial charge is 0.234 e. The van der Waals surface area contributed by atoms with Crippen LogP contribution < -0.4 is 5.30 Å². The molecular weight excluding hydrogens is 191 g/mol. The Hall–Kier alpha value is -0.361. The van der Waals surface area contributed by atoms with Gasteiger partial charge in [0.1, 0.15) is 0 Å². The molecule has 1 aromatic rings. The number of rotatable bonds is 1. The van der Waals surface area contributed by atoms with Crippen molar-refractivity contribution in [2.24, 2.45) is 0 Å². The molecule has 0 heterocycles. The van der Waals surface area contributed by atoms with E-state index in [9.17, 15) is 9.13 Å². The molecule has 0 N–H and O–H groups in total. The molecule has 0 atom stereocenters. The van der Waals surface area contributed by atoms with Gasteiger partial charge in [-0.05, 0) is 5.30 Å². The van der Waals surface area contributed by atoms with Gasteiger partial charge in [-0.25, -0.2) is 9.13 Å². The Balaban J connectivity index is 0.000000810. The molecule has 1 aromatic carbocycles. The first-order valence-corrected chi connectivity index (χ1v) is 3.59. The van der Waals surface area contributed by atoms with Crippen LogP contribution in [0.3, 0.4) is 0 Å². The van der Waals surface area contributed by atoms with Crippen molar-refractivity contribution in [2.75, 3.05) is 0 Å². The molecule has 54 valence electrons. The van der Waals surface area contributed by atoms with Crippen LogP contribution in [0.5, 0.6) is 0 Å². The quantitative estimate of drug-likeness (QED) is 0.384. The summed E-state index contributed by atoms with van der Waals surface area (Å²) >= 11 is 0. The minimum Gasteiger partial charge on any atom is -0.234 e. The summed E-state index contributed by atoms with van der Waals surface area (Å²) < 4.78 is 20.4. The predicted octanol–water partition coefficient (Wildman–Crippen LogP) is 1.28. The summed E-state index contributed by atoms with van der Waals surface area (Å²) in [6.45, 7) is 0. The second-order valence-electron chi connectivity index (χ2n) is 1.50. The van der Waals surface area contributed by atoms with Crippen molar-refractivity contribution in [3.8, 4) is 0 Å². The zero-order valence-electron chi connectivity index (χ0n) is 4.93. The minimum absolute atomic E-state index is 0.